The quantitative estimate of drug-likeness (QED) is 0.748. The van der Waals surface area contributed by atoms with Crippen molar-refractivity contribution in [2.75, 3.05) is 5.32 Å². The molecule has 2 heteroatoms. The monoisotopic (exact) mass is 281 g/mol. The second-order valence-electron chi connectivity index (χ2n) is 4.84. The van der Waals surface area contributed by atoms with E-state index in [2.05, 4.69) is 47.8 Å². The van der Waals surface area contributed by atoms with Crippen molar-refractivity contribution in [2.45, 2.75) is 12.8 Å². The Bertz CT molecular complexity index is 653. The molecule has 0 aliphatic heterocycles. The molecule has 1 N–H and O–H groups in total. The molecule has 2 aromatic rings. The first-order chi connectivity index (χ1) is 9.83. The van der Waals surface area contributed by atoms with E-state index >= 15 is 0 Å². The fourth-order valence-corrected chi connectivity index (χ4v) is 2.51. The summed E-state index contributed by atoms with van der Waals surface area (Å²) < 4.78 is 0. The van der Waals surface area contributed by atoms with Crippen molar-refractivity contribution in [3.8, 4) is 0 Å². The van der Waals surface area contributed by atoms with Gasteiger partial charge in [-0.1, -0.05) is 48.0 Å². The summed E-state index contributed by atoms with van der Waals surface area (Å²) in [5.41, 5.74) is 4.83. The van der Waals surface area contributed by atoms with Crippen LogP contribution in [-0.2, 0) is 0 Å². The van der Waals surface area contributed by atoms with E-state index in [1.54, 1.807) is 0 Å². The topological polar surface area (TPSA) is 12.0 Å². The Morgan fingerprint density at radius 2 is 1.75 bits per heavy atom. The van der Waals surface area contributed by atoms with Crippen LogP contribution in [0.25, 0.3) is 5.57 Å². The van der Waals surface area contributed by atoms with Crippen molar-refractivity contribution < 1.29 is 0 Å². The number of anilines is 2. The highest BCUT2D eigenvalue weighted by Crippen LogP contribution is 2.31. The molecule has 0 saturated heterocycles. The van der Waals surface area contributed by atoms with Crippen LogP contribution in [0.4, 0.5) is 11.4 Å². The fraction of sp³-hybridized carbons (Fsp3) is 0.111. The van der Waals surface area contributed by atoms with Crippen LogP contribution < -0.4 is 5.32 Å². The molecular weight excluding hydrogens is 266 g/mol. The lowest BCUT2D eigenvalue weighted by Gasteiger charge is -2.16. The van der Waals surface area contributed by atoms with Gasteiger partial charge in [-0.25, -0.2) is 0 Å². The minimum absolute atomic E-state index is 0.754. The van der Waals surface area contributed by atoms with Crippen LogP contribution in [0.1, 0.15) is 18.4 Å². The molecule has 0 amide bonds. The van der Waals surface area contributed by atoms with E-state index < -0.39 is 0 Å². The molecule has 1 nitrogen and oxygen atoms in total. The largest absolute Gasteiger partial charge is 0.355 e. The predicted molar refractivity (Wildman–Crippen MR) is 87.5 cm³/mol. The summed E-state index contributed by atoms with van der Waals surface area (Å²) in [7, 11) is 0. The molecule has 2 aromatic carbocycles. The molecule has 0 bridgehead atoms. The van der Waals surface area contributed by atoms with Crippen molar-refractivity contribution in [1.82, 2.24) is 0 Å². The van der Waals surface area contributed by atoms with Gasteiger partial charge in [0.1, 0.15) is 0 Å². The molecule has 0 fully saturated rings. The molecule has 0 unspecified atom stereocenters. The van der Waals surface area contributed by atoms with Gasteiger partial charge in [0.05, 0.1) is 0 Å². The smallest absolute Gasteiger partial charge is 0.0460 e. The highest BCUT2D eigenvalue weighted by atomic mass is 35.5. The van der Waals surface area contributed by atoms with Crippen molar-refractivity contribution in [3.63, 3.8) is 0 Å². The van der Waals surface area contributed by atoms with Gasteiger partial charge in [-0.3, -0.25) is 0 Å². The second-order valence-corrected chi connectivity index (χ2v) is 5.27. The van der Waals surface area contributed by atoms with Crippen LogP contribution in [0.3, 0.4) is 0 Å². The number of allylic oxidation sites excluding steroid dienone is 4. The molecule has 1 aliphatic carbocycles. The minimum Gasteiger partial charge on any atom is -0.355 e. The molecule has 100 valence electrons. The van der Waals surface area contributed by atoms with Gasteiger partial charge in [0.25, 0.3) is 0 Å². The maximum Gasteiger partial charge on any atom is 0.0460 e. The van der Waals surface area contributed by atoms with Gasteiger partial charge in [-0.15, -0.1) is 0 Å². The zero-order chi connectivity index (χ0) is 13.8. The number of benzene rings is 2. The van der Waals surface area contributed by atoms with Gasteiger partial charge >= 0.3 is 0 Å². The van der Waals surface area contributed by atoms with Gasteiger partial charge in [0.2, 0.25) is 0 Å². The fourth-order valence-electron chi connectivity index (χ4n) is 2.39. The number of nitrogens with one attached hydrogen (secondary N) is 1. The van der Waals surface area contributed by atoms with Crippen molar-refractivity contribution >= 4 is 28.5 Å². The molecule has 1 aliphatic rings. The molecule has 0 radical (unpaired) electrons. The summed E-state index contributed by atoms with van der Waals surface area (Å²) in [5, 5.41) is 4.23. The van der Waals surface area contributed by atoms with Crippen LogP contribution in [0.2, 0.25) is 5.02 Å². The number of hydrogen-bond acceptors (Lipinski definition) is 1. The Balaban J connectivity index is 1.91. The highest BCUT2D eigenvalue weighted by Gasteiger charge is 2.08. The van der Waals surface area contributed by atoms with Gasteiger partial charge < -0.3 is 5.32 Å². The Morgan fingerprint density at radius 3 is 2.50 bits per heavy atom. The number of para-hydroxylation sites is 1. The zero-order valence-electron chi connectivity index (χ0n) is 11.1. The van der Waals surface area contributed by atoms with Crippen LogP contribution in [-0.4, -0.2) is 0 Å². The molecule has 0 heterocycles. The molecule has 0 atom stereocenters. The Hall–Kier alpha value is -1.99. The highest BCUT2D eigenvalue weighted by molar-refractivity contribution is 6.30. The Morgan fingerprint density at radius 1 is 0.950 bits per heavy atom. The maximum absolute atomic E-state index is 5.92. The third-order valence-electron chi connectivity index (χ3n) is 3.41. The van der Waals surface area contributed by atoms with E-state index in [1.165, 1.54) is 11.1 Å². The third kappa shape index (κ3) is 2.94. The van der Waals surface area contributed by atoms with Crippen LogP contribution in [0, 0.1) is 0 Å². The number of rotatable bonds is 3. The van der Waals surface area contributed by atoms with E-state index in [0.717, 1.165) is 29.2 Å². The summed E-state index contributed by atoms with van der Waals surface area (Å²) >= 11 is 5.92. The third-order valence-corrected chi connectivity index (χ3v) is 3.66. The lowest BCUT2D eigenvalue weighted by Crippen LogP contribution is -1.96. The van der Waals surface area contributed by atoms with Gasteiger partial charge in [0.15, 0.2) is 0 Å². The molecule has 0 saturated carbocycles. The molecular formula is C18H16ClN. The standard InChI is InChI=1S/C18H16ClN/c19-15-10-12-16(13-11-15)20-18-9-5-4-8-17(18)14-6-2-1-3-7-14/h1-2,4-6,8-13,20H,3,7H2. The lowest BCUT2D eigenvalue weighted by atomic mass is 9.96. The lowest BCUT2D eigenvalue weighted by molar-refractivity contribution is 1.05. The second kappa shape index (κ2) is 5.98. The SMILES string of the molecule is Clc1ccc(Nc2ccccc2C2=CC=CCC2)cc1. The van der Waals surface area contributed by atoms with E-state index in [4.69, 9.17) is 11.6 Å². The molecule has 0 aromatic heterocycles. The number of hydrogen-bond donors (Lipinski definition) is 1. The molecule has 20 heavy (non-hydrogen) atoms. The summed E-state index contributed by atoms with van der Waals surface area (Å²) in [5.74, 6) is 0. The van der Waals surface area contributed by atoms with Gasteiger partial charge in [0, 0.05) is 22.0 Å². The van der Waals surface area contributed by atoms with E-state index in [-0.39, 0.29) is 0 Å². The zero-order valence-corrected chi connectivity index (χ0v) is 11.9. The van der Waals surface area contributed by atoms with Crippen molar-refractivity contribution in [1.29, 1.82) is 0 Å². The Labute approximate surface area is 124 Å². The van der Waals surface area contributed by atoms with E-state index in [0.29, 0.717) is 0 Å². The van der Waals surface area contributed by atoms with E-state index in [9.17, 15) is 0 Å². The summed E-state index contributed by atoms with van der Waals surface area (Å²) in [6.45, 7) is 0. The summed E-state index contributed by atoms with van der Waals surface area (Å²) in [4.78, 5) is 0. The summed E-state index contributed by atoms with van der Waals surface area (Å²) in [6, 6.07) is 16.2. The first kappa shape index (κ1) is 13.0. The van der Waals surface area contributed by atoms with E-state index in [1.807, 2.05) is 24.3 Å². The van der Waals surface area contributed by atoms with Crippen LogP contribution in [0.15, 0.2) is 66.8 Å². The first-order valence-electron chi connectivity index (χ1n) is 6.80. The van der Waals surface area contributed by atoms with Crippen molar-refractivity contribution in [3.05, 3.63) is 77.3 Å². The van der Waals surface area contributed by atoms with Gasteiger partial charge in [-0.2, -0.15) is 0 Å². The maximum atomic E-state index is 5.92. The first-order valence-corrected chi connectivity index (χ1v) is 7.18. The van der Waals surface area contributed by atoms with Gasteiger partial charge in [-0.05, 0) is 48.7 Å². The summed E-state index contributed by atoms with van der Waals surface area (Å²) in [6.07, 6.45) is 8.75. The number of halogens is 1. The predicted octanol–water partition coefficient (Wildman–Crippen LogP) is 5.82. The molecule has 3 rings (SSSR count). The average Bonchev–Trinajstić information content (AvgIpc) is 2.51. The Kier molecular flexibility index (Phi) is 3.89. The average molecular weight is 282 g/mol. The normalized spacial score (nSPS) is 13.9. The molecule has 0 spiro atoms. The van der Waals surface area contributed by atoms with Crippen LogP contribution in [0.5, 0.6) is 0 Å². The minimum atomic E-state index is 0.754. The van der Waals surface area contributed by atoms with Crippen molar-refractivity contribution in [2.24, 2.45) is 0 Å². The van der Waals surface area contributed by atoms with Crippen LogP contribution >= 0.6 is 11.6 Å².